The smallest absolute Gasteiger partial charge is 0.0130 e. The standard InChI is InChI=1S/C5H11NS/c1-5-4-7-3-2-6-5/h5-6H,2-4H2,1H3/t5-/m1/s1. The van der Waals surface area contributed by atoms with Gasteiger partial charge in [-0.05, 0) is 6.92 Å². The molecule has 0 amide bonds. The van der Waals surface area contributed by atoms with Gasteiger partial charge in [0.25, 0.3) is 0 Å². The summed E-state index contributed by atoms with van der Waals surface area (Å²) >= 11 is 2.04. The van der Waals surface area contributed by atoms with Crippen LogP contribution in [0.4, 0.5) is 0 Å². The van der Waals surface area contributed by atoms with Gasteiger partial charge < -0.3 is 5.32 Å². The van der Waals surface area contributed by atoms with Gasteiger partial charge in [0.15, 0.2) is 0 Å². The van der Waals surface area contributed by atoms with E-state index in [1.807, 2.05) is 11.8 Å². The van der Waals surface area contributed by atoms with Crippen molar-refractivity contribution in [3.05, 3.63) is 0 Å². The summed E-state index contributed by atoms with van der Waals surface area (Å²) in [6, 6.07) is 0.749. The molecule has 0 radical (unpaired) electrons. The summed E-state index contributed by atoms with van der Waals surface area (Å²) < 4.78 is 0. The quantitative estimate of drug-likeness (QED) is 0.501. The average Bonchev–Trinajstić information content (AvgIpc) is 1.69. The zero-order valence-electron chi connectivity index (χ0n) is 4.61. The highest BCUT2D eigenvalue weighted by Crippen LogP contribution is 2.05. The van der Waals surface area contributed by atoms with Crippen molar-refractivity contribution in [2.24, 2.45) is 0 Å². The second-order valence-corrected chi connectivity index (χ2v) is 3.08. The zero-order valence-corrected chi connectivity index (χ0v) is 5.42. The fraction of sp³-hybridized carbons (Fsp3) is 1.00. The maximum absolute atomic E-state index is 3.36. The maximum atomic E-state index is 3.36. The minimum Gasteiger partial charge on any atom is -0.313 e. The van der Waals surface area contributed by atoms with Gasteiger partial charge in [0.2, 0.25) is 0 Å². The molecule has 1 nitrogen and oxygen atoms in total. The van der Waals surface area contributed by atoms with Gasteiger partial charge in [0, 0.05) is 24.1 Å². The normalized spacial score (nSPS) is 33.0. The van der Waals surface area contributed by atoms with E-state index in [4.69, 9.17) is 0 Å². The highest BCUT2D eigenvalue weighted by molar-refractivity contribution is 7.99. The van der Waals surface area contributed by atoms with Crippen LogP contribution in [0.2, 0.25) is 0 Å². The molecule has 0 unspecified atom stereocenters. The largest absolute Gasteiger partial charge is 0.313 e. The lowest BCUT2D eigenvalue weighted by atomic mass is 10.4. The van der Waals surface area contributed by atoms with Crippen LogP contribution in [0.15, 0.2) is 0 Å². The molecule has 0 aromatic rings. The van der Waals surface area contributed by atoms with Gasteiger partial charge in [-0.2, -0.15) is 11.8 Å². The van der Waals surface area contributed by atoms with Crippen LogP contribution in [0.5, 0.6) is 0 Å². The predicted octanol–water partition coefficient (Wildman–Crippen LogP) is 0.711. The maximum Gasteiger partial charge on any atom is 0.0130 e. The van der Waals surface area contributed by atoms with Crippen molar-refractivity contribution >= 4 is 11.8 Å². The van der Waals surface area contributed by atoms with Crippen molar-refractivity contribution in [2.75, 3.05) is 18.1 Å². The Morgan fingerprint density at radius 3 is 2.86 bits per heavy atom. The number of hydrogen-bond donors (Lipinski definition) is 1. The first-order valence-corrected chi connectivity index (χ1v) is 3.86. The van der Waals surface area contributed by atoms with Crippen molar-refractivity contribution < 1.29 is 0 Å². The lowest BCUT2D eigenvalue weighted by Gasteiger charge is -2.17. The van der Waals surface area contributed by atoms with Crippen LogP contribution in [0.25, 0.3) is 0 Å². The molecule has 7 heavy (non-hydrogen) atoms. The minimum atomic E-state index is 0.749. The second-order valence-electron chi connectivity index (χ2n) is 1.93. The molecule has 1 aliphatic rings. The monoisotopic (exact) mass is 117 g/mol. The van der Waals surface area contributed by atoms with Crippen molar-refractivity contribution in [1.82, 2.24) is 5.32 Å². The summed E-state index contributed by atoms with van der Waals surface area (Å²) in [5.41, 5.74) is 0. The molecule has 1 atom stereocenters. The Bertz CT molecular complexity index is 50.0. The number of thioether (sulfide) groups is 1. The molecular formula is C5H11NS. The highest BCUT2D eigenvalue weighted by Gasteiger charge is 2.04. The topological polar surface area (TPSA) is 12.0 Å². The van der Waals surface area contributed by atoms with Crippen LogP contribution < -0.4 is 5.32 Å². The molecule has 42 valence electrons. The molecule has 2 heteroatoms. The van der Waals surface area contributed by atoms with E-state index in [9.17, 15) is 0 Å². The summed E-state index contributed by atoms with van der Waals surface area (Å²) in [6.07, 6.45) is 0. The van der Waals surface area contributed by atoms with Crippen LogP contribution in [0.3, 0.4) is 0 Å². The number of nitrogens with one attached hydrogen (secondary N) is 1. The molecule has 1 saturated heterocycles. The molecule has 1 rings (SSSR count). The highest BCUT2D eigenvalue weighted by atomic mass is 32.2. The van der Waals surface area contributed by atoms with E-state index in [-0.39, 0.29) is 0 Å². The molecule has 1 fully saturated rings. The summed E-state index contributed by atoms with van der Waals surface area (Å²) in [5.74, 6) is 2.59. The van der Waals surface area contributed by atoms with Gasteiger partial charge in [0.1, 0.15) is 0 Å². The van der Waals surface area contributed by atoms with Gasteiger partial charge in [-0.15, -0.1) is 0 Å². The lowest BCUT2D eigenvalue weighted by Crippen LogP contribution is -2.34. The summed E-state index contributed by atoms with van der Waals surface area (Å²) in [5, 5.41) is 3.36. The summed E-state index contributed by atoms with van der Waals surface area (Å²) in [4.78, 5) is 0. The first kappa shape index (κ1) is 5.45. The predicted molar refractivity (Wildman–Crippen MR) is 34.8 cm³/mol. The van der Waals surface area contributed by atoms with E-state index in [2.05, 4.69) is 12.2 Å². The van der Waals surface area contributed by atoms with Gasteiger partial charge in [-0.1, -0.05) is 0 Å². The second kappa shape index (κ2) is 2.58. The molecule has 0 bridgehead atoms. The molecule has 1 aliphatic heterocycles. The Kier molecular flexibility index (Phi) is 2.00. The third-order valence-corrected chi connectivity index (χ3v) is 2.34. The number of rotatable bonds is 0. The van der Waals surface area contributed by atoms with E-state index in [1.165, 1.54) is 18.1 Å². The fourth-order valence-corrected chi connectivity index (χ4v) is 1.60. The summed E-state index contributed by atoms with van der Waals surface area (Å²) in [7, 11) is 0. The summed E-state index contributed by atoms with van der Waals surface area (Å²) in [6.45, 7) is 3.43. The first-order valence-electron chi connectivity index (χ1n) is 2.71. The van der Waals surface area contributed by atoms with E-state index < -0.39 is 0 Å². The minimum absolute atomic E-state index is 0.749. The average molecular weight is 117 g/mol. The molecule has 1 heterocycles. The zero-order chi connectivity index (χ0) is 5.11. The van der Waals surface area contributed by atoms with Crippen LogP contribution in [-0.4, -0.2) is 24.1 Å². The van der Waals surface area contributed by atoms with Crippen LogP contribution >= 0.6 is 11.8 Å². The molecule has 0 saturated carbocycles. The van der Waals surface area contributed by atoms with E-state index in [0.717, 1.165) is 6.04 Å². The Balaban J connectivity index is 2.12. The van der Waals surface area contributed by atoms with Gasteiger partial charge >= 0.3 is 0 Å². The molecule has 0 aromatic heterocycles. The Labute approximate surface area is 48.9 Å². The van der Waals surface area contributed by atoms with Crippen LogP contribution in [0, 0.1) is 0 Å². The van der Waals surface area contributed by atoms with Crippen LogP contribution in [0.1, 0.15) is 6.92 Å². The molecular weight excluding hydrogens is 106 g/mol. The Morgan fingerprint density at radius 2 is 2.57 bits per heavy atom. The van der Waals surface area contributed by atoms with Crippen molar-refractivity contribution in [3.63, 3.8) is 0 Å². The third kappa shape index (κ3) is 1.70. The Morgan fingerprint density at radius 1 is 1.71 bits per heavy atom. The third-order valence-electron chi connectivity index (χ3n) is 1.11. The van der Waals surface area contributed by atoms with Crippen LogP contribution in [-0.2, 0) is 0 Å². The van der Waals surface area contributed by atoms with Crippen molar-refractivity contribution in [2.45, 2.75) is 13.0 Å². The van der Waals surface area contributed by atoms with Crippen molar-refractivity contribution in [1.29, 1.82) is 0 Å². The van der Waals surface area contributed by atoms with E-state index in [1.54, 1.807) is 0 Å². The van der Waals surface area contributed by atoms with E-state index in [0.29, 0.717) is 0 Å². The van der Waals surface area contributed by atoms with Gasteiger partial charge in [-0.3, -0.25) is 0 Å². The molecule has 0 aromatic carbocycles. The molecule has 1 N–H and O–H groups in total. The number of hydrogen-bond acceptors (Lipinski definition) is 2. The van der Waals surface area contributed by atoms with Gasteiger partial charge in [0.05, 0.1) is 0 Å². The van der Waals surface area contributed by atoms with Gasteiger partial charge in [-0.25, -0.2) is 0 Å². The Hall–Kier alpha value is 0.310. The SMILES string of the molecule is C[C@@H]1CSCCN1. The lowest BCUT2D eigenvalue weighted by molar-refractivity contribution is 0.609. The fourth-order valence-electron chi connectivity index (χ4n) is 0.697. The van der Waals surface area contributed by atoms with E-state index >= 15 is 0 Å². The first-order chi connectivity index (χ1) is 3.39. The molecule has 0 aliphatic carbocycles. The van der Waals surface area contributed by atoms with Crippen molar-refractivity contribution in [3.8, 4) is 0 Å². The molecule has 0 spiro atoms.